The van der Waals surface area contributed by atoms with Crippen molar-refractivity contribution in [1.82, 2.24) is 29.9 Å². The van der Waals surface area contributed by atoms with Crippen LogP contribution in [0.1, 0.15) is 61.3 Å². The lowest BCUT2D eigenvalue weighted by Crippen LogP contribution is -2.42. The SMILES string of the molecule is CN1C[C@@H](NC(=O)c2ncn(CC3(C)CC3)n2)CCn2nc(C3CC3)cc21. The first kappa shape index (κ1) is 16.8. The van der Waals surface area contributed by atoms with Gasteiger partial charge in [-0.1, -0.05) is 6.92 Å². The van der Waals surface area contributed by atoms with Crippen molar-refractivity contribution in [3.63, 3.8) is 0 Å². The lowest BCUT2D eigenvalue weighted by molar-refractivity contribution is 0.0924. The van der Waals surface area contributed by atoms with Gasteiger partial charge in [0.1, 0.15) is 12.1 Å². The molecule has 2 aromatic heterocycles. The fourth-order valence-electron chi connectivity index (χ4n) is 3.88. The maximum Gasteiger partial charge on any atom is 0.291 e. The molecule has 8 heteroatoms. The van der Waals surface area contributed by atoms with E-state index in [-0.39, 0.29) is 17.8 Å². The van der Waals surface area contributed by atoms with Crippen LogP contribution in [0, 0.1) is 5.41 Å². The van der Waals surface area contributed by atoms with Gasteiger partial charge in [-0.05, 0) is 37.5 Å². The van der Waals surface area contributed by atoms with Crippen LogP contribution in [0.4, 0.5) is 5.82 Å². The van der Waals surface area contributed by atoms with E-state index in [9.17, 15) is 4.79 Å². The summed E-state index contributed by atoms with van der Waals surface area (Å²) in [6.07, 6.45) is 7.50. The number of nitrogens with zero attached hydrogens (tertiary/aromatic N) is 6. The standard InChI is InChI=1S/C19H27N7O/c1-19(6-7-19)11-25-12-20-17(23-25)18(27)21-14-5-8-26-16(24(2)10-14)9-15(22-26)13-3-4-13/h9,12-14H,3-8,10-11H2,1-2H3,(H,21,27)/t14-/m0/s1. The number of aromatic nitrogens is 5. The number of carbonyl (C=O) groups excluding carboxylic acids is 1. The Labute approximate surface area is 158 Å². The Bertz CT molecular complexity index is 861. The fraction of sp³-hybridized carbons (Fsp3) is 0.684. The highest BCUT2D eigenvalue weighted by atomic mass is 16.2. The Kier molecular flexibility index (Phi) is 3.77. The third-order valence-electron chi connectivity index (χ3n) is 6.07. The molecule has 2 saturated carbocycles. The Morgan fingerprint density at radius 3 is 2.85 bits per heavy atom. The third-order valence-corrected chi connectivity index (χ3v) is 6.07. The summed E-state index contributed by atoms with van der Waals surface area (Å²) in [6.45, 7) is 4.66. The molecule has 0 spiro atoms. The number of likely N-dealkylation sites (N-methyl/N-ethyl adjacent to an activating group) is 1. The van der Waals surface area contributed by atoms with Crippen molar-refractivity contribution >= 4 is 11.7 Å². The average molecular weight is 369 g/mol. The smallest absolute Gasteiger partial charge is 0.291 e. The topological polar surface area (TPSA) is 80.9 Å². The summed E-state index contributed by atoms with van der Waals surface area (Å²) in [6, 6.07) is 2.27. The summed E-state index contributed by atoms with van der Waals surface area (Å²) in [5.74, 6) is 1.88. The summed E-state index contributed by atoms with van der Waals surface area (Å²) >= 11 is 0. The molecule has 1 aliphatic heterocycles. The highest BCUT2D eigenvalue weighted by molar-refractivity contribution is 5.90. The van der Waals surface area contributed by atoms with E-state index >= 15 is 0 Å². The molecule has 0 bridgehead atoms. The van der Waals surface area contributed by atoms with Crippen molar-refractivity contribution in [3.05, 3.63) is 23.9 Å². The number of nitrogens with one attached hydrogen (secondary N) is 1. The molecule has 1 amide bonds. The van der Waals surface area contributed by atoms with Gasteiger partial charge in [0.2, 0.25) is 5.82 Å². The largest absolute Gasteiger partial charge is 0.358 e. The summed E-state index contributed by atoms with van der Waals surface area (Å²) in [5, 5.41) is 12.3. The fourth-order valence-corrected chi connectivity index (χ4v) is 3.88. The molecule has 144 valence electrons. The molecule has 0 unspecified atom stereocenters. The van der Waals surface area contributed by atoms with Crippen molar-refractivity contribution in [2.24, 2.45) is 5.41 Å². The summed E-state index contributed by atoms with van der Waals surface area (Å²) in [7, 11) is 2.07. The van der Waals surface area contributed by atoms with Crippen molar-refractivity contribution < 1.29 is 4.79 Å². The van der Waals surface area contributed by atoms with Crippen LogP contribution in [0.3, 0.4) is 0 Å². The van der Waals surface area contributed by atoms with Gasteiger partial charge in [-0.15, -0.1) is 5.10 Å². The summed E-state index contributed by atoms with van der Waals surface area (Å²) in [5.41, 5.74) is 1.56. The maximum absolute atomic E-state index is 12.6. The van der Waals surface area contributed by atoms with E-state index in [1.54, 1.807) is 11.0 Å². The zero-order valence-corrected chi connectivity index (χ0v) is 16.1. The molecule has 0 radical (unpaired) electrons. The number of fused-ring (bicyclic) bond motifs is 1. The van der Waals surface area contributed by atoms with Crippen molar-refractivity contribution in [1.29, 1.82) is 0 Å². The zero-order chi connectivity index (χ0) is 18.6. The number of aryl methyl sites for hydroxylation is 1. The van der Waals surface area contributed by atoms with Crippen LogP contribution >= 0.6 is 0 Å². The van der Waals surface area contributed by atoms with Gasteiger partial charge in [0.25, 0.3) is 5.91 Å². The van der Waals surface area contributed by atoms with E-state index in [0.29, 0.717) is 11.3 Å². The number of hydrogen-bond donors (Lipinski definition) is 1. The van der Waals surface area contributed by atoms with Crippen LogP contribution in [0.2, 0.25) is 0 Å². The highest BCUT2D eigenvalue weighted by Crippen LogP contribution is 2.46. The molecule has 3 aliphatic rings. The Morgan fingerprint density at radius 1 is 1.30 bits per heavy atom. The normalized spacial score (nSPS) is 23.6. The molecular formula is C19H27N7O. The quantitative estimate of drug-likeness (QED) is 0.869. The van der Waals surface area contributed by atoms with Crippen molar-refractivity contribution in [2.45, 2.75) is 64.1 Å². The van der Waals surface area contributed by atoms with Crippen molar-refractivity contribution in [3.8, 4) is 0 Å². The average Bonchev–Trinajstić information content (AvgIpc) is 3.52. The van der Waals surface area contributed by atoms with E-state index in [0.717, 1.165) is 31.9 Å². The second kappa shape index (κ2) is 6.07. The number of carbonyl (C=O) groups is 1. The van der Waals surface area contributed by atoms with Gasteiger partial charge in [0, 0.05) is 44.7 Å². The van der Waals surface area contributed by atoms with Crippen LogP contribution in [-0.2, 0) is 13.1 Å². The van der Waals surface area contributed by atoms with E-state index in [1.807, 2.05) is 0 Å². The lowest BCUT2D eigenvalue weighted by atomic mass is 10.1. The first-order chi connectivity index (χ1) is 13.0. The number of rotatable bonds is 5. The van der Waals surface area contributed by atoms with Crippen LogP contribution in [0.15, 0.2) is 12.4 Å². The van der Waals surface area contributed by atoms with Gasteiger partial charge in [-0.25, -0.2) is 9.67 Å². The molecule has 2 fully saturated rings. The maximum atomic E-state index is 12.6. The minimum absolute atomic E-state index is 0.0569. The van der Waals surface area contributed by atoms with Gasteiger partial charge in [0.05, 0.1) is 5.69 Å². The second-order valence-corrected chi connectivity index (χ2v) is 8.84. The molecular weight excluding hydrogens is 342 g/mol. The van der Waals surface area contributed by atoms with Crippen LogP contribution in [-0.4, -0.2) is 50.1 Å². The third kappa shape index (κ3) is 3.44. The number of anilines is 1. The molecule has 0 aromatic carbocycles. The van der Waals surface area contributed by atoms with Crippen LogP contribution in [0.25, 0.3) is 0 Å². The zero-order valence-electron chi connectivity index (χ0n) is 16.1. The van der Waals surface area contributed by atoms with E-state index < -0.39 is 0 Å². The van der Waals surface area contributed by atoms with Gasteiger partial charge in [0.15, 0.2) is 0 Å². The minimum Gasteiger partial charge on any atom is -0.358 e. The second-order valence-electron chi connectivity index (χ2n) is 8.84. The van der Waals surface area contributed by atoms with Gasteiger partial charge < -0.3 is 10.2 Å². The van der Waals surface area contributed by atoms with E-state index in [1.165, 1.54) is 31.4 Å². The molecule has 1 N–H and O–H groups in total. The Morgan fingerprint density at radius 2 is 2.11 bits per heavy atom. The summed E-state index contributed by atoms with van der Waals surface area (Å²) < 4.78 is 3.89. The summed E-state index contributed by atoms with van der Waals surface area (Å²) in [4.78, 5) is 19.0. The molecule has 2 aliphatic carbocycles. The predicted molar refractivity (Wildman–Crippen MR) is 101 cm³/mol. The molecule has 0 saturated heterocycles. The van der Waals surface area contributed by atoms with Gasteiger partial charge >= 0.3 is 0 Å². The Hall–Kier alpha value is -2.38. The first-order valence-corrected chi connectivity index (χ1v) is 9.98. The predicted octanol–water partition coefficient (Wildman–Crippen LogP) is 1.79. The molecule has 8 nitrogen and oxygen atoms in total. The highest BCUT2D eigenvalue weighted by Gasteiger charge is 2.38. The molecule has 2 aromatic rings. The Balaban J connectivity index is 1.22. The first-order valence-electron chi connectivity index (χ1n) is 9.98. The molecule has 3 heterocycles. The van der Waals surface area contributed by atoms with E-state index in [2.05, 4.69) is 45.0 Å². The lowest BCUT2D eigenvalue weighted by Gasteiger charge is -2.21. The molecule has 27 heavy (non-hydrogen) atoms. The molecule has 1 atom stereocenters. The number of amides is 1. The number of hydrogen-bond acceptors (Lipinski definition) is 5. The van der Waals surface area contributed by atoms with Gasteiger partial charge in [-0.3, -0.25) is 9.48 Å². The monoisotopic (exact) mass is 369 g/mol. The minimum atomic E-state index is -0.189. The van der Waals surface area contributed by atoms with Crippen LogP contribution in [0.5, 0.6) is 0 Å². The molecule has 5 rings (SSSR count). The van der Waals surface area contributed by atoms with Gasteiger partial charge in [-0.2, -0.15) is 5.10 Å². The van der Waals surface area contributed by atoms with E-state index in [4.69, 9.17) is 5.10 Å². The van der Waals surface area contributed by atoms with Crippen molar-refractivity contribution in [2.75, 3.05) is 18.5 Å². The van der Waals surface area contributed by atoms with Crippen LogP contribution < -0.4 is 10.2 Å².